The van der Waals surface area contributed by atoms with Crippen molar-refractivity contribution in [2.75, 3.05) is 20.3 Å². The molecular formula is C15H21NO3. The van der Waals surface area contributed by atoms with Gasteiger partial charge in [0.25, 0.3) is 0 Å². The van der Waals surface area contributed by atoms with Crippen LogP contribution in [0.5, 0.6) is 0 Å². The molecule has 1 N–H and O–H groups in total. The van der Waals surface area contributed by atoms with E-state index in [0.717, 1.165) is 38.0 Å². The summed E-state index contributed by atoms with van der Waals surface area (Å²) >= 11 is 0. The van der Waals surface area contributed by atoms with Gasteiger partial charge in [0.15, 0.2) is 0 Å². The van der Waals surface area contributed by atoms with E-state index in [-0.39, 0.29) is 5.97 Å². The molecule has 2 unspecified atom stereocenters. The maximum atomic E-state index is 12.0. The van der Waals surface area contributed by atoms with Gasteiger partial charge in [-0.1, -0.05) is 30.3 Å². The number of hydrogen-bond donors (Lipinski definition) is 1. The van der Waals surface area contributed by atoms with E-state index in [4.69, 9.17) is 9.47 Å². The molecule has 0 bridgehead atoms. The van der Waals surface area contributed by atoms with Gasteiger partial charge in [0.1, 0.15) is 6.04 Å². The number of hydrogen-bond acceptors (Lipinski definition) is 4. The lowest BCUT2D eigenvalue weighted by molar-refractivity contribution is -0.143. The van der Waals surface area contributed by atoms with Crippen LogP contribution in [0.1, 0.15) is 30.9 Å². The van der Waals surface area contributed by atoms with Gasteiger partial charge in [-0.2, -0.15) is 0 Å². The van der Waals surface area contributed by atoms with Crippen molar-refractivity contribution in [1.29, 1.82) is 0 Å². The summed E-state index contributed by atoms with van der Waals surface area (Å²) in [7, 11) is 1.43. The molecule has 1 fully saturated rings. The van der Waals surface area contributed by atoms with Gasteiger partial charge in [0.2, 0.25) is 0 Å². The number of ether oxygens (including phenoxy) is 2. The molecule has 0 amide bonds. The Bertz CT molecular complexity index is 386. The Morgan fingerprint density at radius 1 is 1.32 bits per heavy atom. The van der Waals surface area contributed by atoms with Crippen LogP contribution < -0.4 is 5.32 Å². The number of methoxy groups -OCH3 is 1. The normalized spacial score (nSPS) is 21.4. The van der Waals surface area contributed by atoms with Gasteiger partial charge >= 0.3 is 5.97 Å². The van der Waals surface area contributed by atoms with Crippen molar-refractivity contribution in [1.82, 2.24) is 5.32 Å². The van der Waals surface area contributed by atoms with Crippen LogP contribution in [-0.4, -0.2) is 32.3 Å². The van der Waals surface area contributed by atoms with Crippen molar-refractivity contribution in [3.8, 4) is 0 Å². The fourth-order valence-electron chi connectivity index (χ4n) is 2.37. The van der Waals surface area contributed by atoms with Crippen LogP contribution in [0, 0.1) is 0 Å². The average molecular weight is 263 g/mol. The zero-order valence-electron chi connectivity index (χ0n) is 11.3. The lowest BCUT2D eigenvalue weighted by Gasteiger charge is -2.23. The fraction of sp³-hybridized carbons (Fsp3) is 0.533. The van der Waals surface area contributed by atoms with E-state index in [9.17, 15) is 4.79 Å². The predicted molar refractivity (Wildman–Crippen MR) is 72.8 cm³/mol. The lowest BCUT2D eigenvalue weighted by atomic mass is 10.0. The first-order valence-corrected chi connectivity index (χ1v) is 6.78. The first kappa shape index (κ1) is 14.0. The number of benzene rings is 1. The quantitative estimate of drug-likeness (QED) is 0.845. The van der Waals surface area contributed by atoms with Gasteiger partial charge < -0.3 is 9.47 Å². The van der Waals surface area contributed by atoms with Crippen molar-refractivity contribution >= 4 is 5.97 Å². The molecule has 0 saturated carbocycles. The van der Waals surface area contributed by atoms with Gasteiger partial charge in [-0.15, -0.1) is 0 Å². The van der Waals surface area contributed by atoms with Crippen LogP contribution in [0.25, 0.3) is 0 Å². The highest BCUT2D eigenvalue weighted by Crippen LogP contribution is 2.18. The molecule has 0 radical (unpaired) electrons. The molecule has 1 aliphatic rings. The lowest BCUT2D eigenvalue weighted by Crippen LogP contribution is -2.37. The molecule has 0 aromatic heterocycles. The van der Waals surface area contributed by atoms with E-state index < -0.39 is 6.04 Å². The van der Waals surface area contributed by atoms with Gasteiger partial charge in [0, 0.05) is 19.3 Å². The summed E-state index contributed by atoms with van der Waals surface area (Å²) in [5.41, 5.74) is 0.944. The third kappa shape index (κ3) is 4.04. The molecule has 19 heavy (non-hydrogen) atoms. The highest BCUT2D eigenvalue weighted by atomic mass is 16.5. The van der Waals surface area contributed by atoms with E-state index in [1.54, 1.807) is 0 Å². The van der Waals surface area contributed by atoms with Crippen molar-refractivity contribution in [2.24, 2.45) is 0 Å². The summed E-state index contributed by atoms with van der Waals surface area (Å²) in [6.45, 7) is 1.56. The minimum absolute atomic E-state index is 0.239. The first-order chi connectivity index (χ1) is 9.31. The molecule has 4 nitrogen and oxygen atoms in total. The average Bonchev–Trinajstić information content (AvgIpc) is 2.73. The summed E-state index contributed by atoms with van der Waals surface area (Å²) < 4.78 is 10.3. The van der Waals surface area contributed by atoms with Crippen molar-refractivity contribution in [2.45, 2.75) is 31.3 Å². The Kier molecular flexibility index (Phi) is 5.36. The van der Waals surface area contributed by atoms with E-state index in [1.165, 1.54) is 7.11 Å². The van der Waals surface area contributed by atoms with Crippen LogP contribution in [0.4, 0.5) is 0 Å². The fourth-order valence-corrected chi connectivity index (χ4v) is 2.37. The smallest absolute Gasteiger partial charge is 0.327 e. The summed E-state index contributed by atoms with van der Waals surface area (Å²) in [5.74, 6) is -0.239. The number of carbonyl (C=O) groups is 1. The van der Waals surface area contributed by atoms with E-state index in [1.807, 2.05) is 30.3 Å². The van der Waals surface area contributed by atoms with E-state index >= 15 is 0 Å². The standard InChI is InChI=1S/C15H21NO3/c1-18-15(17)14(12-6-3-2-4-7-12)16-13-8-5-10-19-11-9-13/h2-4,6-7,13-14,16H,5,8-11H2,1H3. The molecular weight excluding hydrogens is 242 g/mol. The van der Waals surface area contributed by atoms with E-state index in [0.29, 0.717) is 6.04 Å². The summed E-state index contributed by atoms with van der Waals surface area (Å²) in [6, 6.07) is 9.61. The second-order valence-electron chi connectivity index (χ2n) is 4.77. The third-order valence-corrected chi connectivity index (χ3v) is 3.42. The zero-order valence-corrected chi connectivity index (χ0v) is 11.3. The second kappa shape index (κ2) is 7.26. The molecule has 0 aliphatic carbocycles. The van der Waals surface area contributed by atoms with E-state index in [2.05, 4.69) is 5.32 Å². The van der Waals surface area contributed by atoms with Crippen LogP contribution in [0.2, 0.25) is 0 Å². The van der Waals surface area contributed by atoms with Gasteiger partial charge in [-0.25, -0.2) is 4.79 Å². The molecule has 2 rings (SSSR count). The highest BCUT2D eigenvalue weighted by molar-refractivity contribution is 5.77. The van der Waals surface area contributed by atoms with Crippen LogP contribution in [0.15, 0.2) is 30.3 Å². The Morgan fingerprint density at radius 3 is 2.84 bits per heavy atom. The maximum absolute atomic E-state index is 12.0. The Hall–Kier alpha value is -1.39. The molecule has 1 heterocycles. The molecule has 2 atom stereocenters. The molecule has 1 saturated heterocycles. The highest BCUT2D eigenvalue weighted by Gasteiger charge is 2.24. The SMILES string of the molecule is COC(=O)C(NC1CCCOCC1)c1ccccc1. The molecule has 1 aromatic carbocycles. The second-order valence-corrected chi connectivity index (χ2v) is 4.77. The molecule has 0 spiro atoms. The van der Waals surface area contributed by atoms with Gasteiger partial charge in [0.05, 0.1) is 7.11 Å². The van der Waals surface area contributed by atoms with Crippen molar-refractivity contribution in [3.63, 3.8) is 0 Å². The van der Waals surface area contributed by atoms with Crippen LogP contribution >= 0.6 is 0 Å². The predicted octanol–water partition coefficient (Wildman–Crippen LogP) is 2.06. The summed E-state index contributed by atoms with van der Waals surface area (Å²) in [4.78, 5) is 12.0. The van der Waals surface area contributed by atoms with Crippen LogP contribution in [-0.2, 0) is 14.3 Å². The van der Waals surface area contributed by atoms with Gasteiger partial charge in [-0.3, -0.25) is 5.32 Å². The third-order valence-electron chi connectivity index (χ3n) is 3.42. The monoisotopic (exact) mass is 263 g/mol. The number of nitrogens with one attached hydrogen (secondary N) is 1. The van der Waals surface area contributed by atoms with Gasteiger partial charge in [-0.05, 0) is 24.8 Å². The molecule has 104 valence electrons. The first-order valence-electron chi connectivity index (χ1n) is 6.78. The summed E-state index contributed by atoms with van der Waals surface area (Å²) in [5, 5.41) is 3.41. The Morgan fingerprint density at radius 2 is 2.11 bits per heavy atom. The Labute approximate surface area is 114 Å². The minimum atomic E-state index is -0.394. The zero-order chi connectivity index (χ0) is 13.5. The molecule has 1 aliphatic heterocycles. The summed E-state index contributed by atoms with van der Waals surface area (Å²) in [6.07, 6.45) is 2.99. The largest absolute Gasteiger partial charge is 0.468 e. The van der Waals surface area contributed by atoms with Crippen LogP contribution in [0.3, 0.4) is 0 Å². The van der Waals surface area contributed by atoms with Crippen molar-refractivity contribution in [3.05, 3.63) is 35.9 Å². The molecule has 1 aromatic rings. The van der Waals surface area contributed by atoms with Crippen molar-refractivity contribution < 1.29 is 14.3 Å². The topological polar surface area (TPSA) is 47.6 Å². The Balaban J connectivity index is 2.07. The molecule has 4 heteroatoms. The maximum Gasteiger partial charge on any atom is 0.327 e. The number of rotatable bonds is 4. The number of carbonyl (C=O) groups excluding carboxylic acids is 1. The minimum Gasteiger partial charge on any atom is -0.468 e. The number of esters is 1.